The van der Waals surface area contributed by atoms with Gasteiger partial charge in [-0.05, 0) is 55.0 Å². The molecule has 0 fully saturated rings. The fourth-order valence-corrected chi connectivity index (χ4v) is 4.22. The Balaban J connectivity index is 3.06. The van der Waals surface area contributed by atoms with Gasteiger partial charge in [-0.2, -0.15) is 0 Å². The quantitative estimate of drug-likeness (QED) is 0.408. The molecule has 1 unspecified atom stereocenters. The van der Waals surface area contributed by atoms with Crippen LogP contribution in [0, 0.1) is 0 Å². The Morgan fingerprint density at radius 3 is 2.14 bits per heavy atom. The van der Waals surface area contributed by atoms with Gasteiger partial charge in [0.2, 0.25) is 0 Å². The van der Waals surface area contributed by atoms with E-state index in [4.69, 9.17) is 0 Å². The molecule has 1 aromatic carbocycles. The Morgan fingerprint density at radius 1 is 0.964 bits per heavy atom. The summed E-state index contributed by atoms with van der Waals surface area (Å²) in [7, 11) is 0. The standard InChI is InChI=1S/C28H32/c1-8-12-18-27-22(7)25(10-3)26(11-4)28(27,24-16-14-13-15-17-24)23(9-2)20-19-21(5)6/h8,10-20H,1,3-4,9H2,2,5-7H3/b18-12-,23-20+. The summed E-state index contributed by atoms with van der Waals surface area (Å²) in [5, 5.41) is 0. The maximum atomic E-state index is 4.20. The van der Waals surface area contributed by atoms with Gasteiger partial charge in [0.1, 0.15) is 0 Å². The molecule has 0 saturated heterocycles. The van der Waals surface area contributed by atoms with Gasteiger partial charge in [0.15, 0.2) is 0 Å². The van der Waals surface area contributed by atoms with Gasteiger partial charge in [0.25, 0.3) is 0 Å². The summed E-state index contributed by atoms with van der Waals surface area (Å²) < 4.78 is 0. The minimum Gasteiger partial charge on any atom is -0.0991 e. The van der Waals surface area contributed by atoms with Gasteiger partial charge in [0.05, 0.1) is 5.41 Å². The molecule has 1 atom stereocenters. The van der Waals surface area contributed by atoms with Crippen molar-refractivity contribution in [3.8, 4) is 0 Å². The van der Waals surface area contributed by atoms with Crippen LogP contribution in [-0.2, 0) is 5.41 Å². The van der Waals surface area contributed by atoms with Gasteiger partial charge in [-0.1, -0.05) is 111 Å². The van der Waals surface area contributed by atoms with Crippen molar-refractivity contribution in [2.24, 2.45) is 0 Å². The Bertz CT molecular complexity index is 906. The van der Waals surface area contributed by atoms with Gasteiger partial charge in [-0.3, -0.25) is 0 Å². The highest BCUT2D eigenvalue weighted by atomic mass is 14.5. The third-order valence-corrected chi connectivity index (χ3v) is 5.40. The Morgan fingerprint density at radius 2 is 1.64 bits per heavy atom. The zero-order valence-corrected chi connectivity index (χ0v) is 17.8. The second kappa shape index (κ2) is 9.37. The van der Waals surface area contributed by atoms with Gasteiger partial charge in [-0.15, -0.1) is 0 Å². The zero-order valence-electron chi connectivity index (χ0n) is 17.8. The third-order valence-electron chi connectivity index (χ3n) is 5.40. The average Bonchev–Trinajstić information content (AvgIpc) is 2.95. The van der Waals surface area contributed by atoms with Gasteiger partial charge in [-0.25, -0.2) is 0 Å². The van der Waals surface area contributed by atoms with E-state index in [0.717, 1.165) is 6.42 Å². The molecule has 0 nitrogen and oxygen atoms in total. The van der Waals surface area contributed by atoms with E-state index in [2.05, 4.69) is 96.0 Å². The monoisotopic (exact) mass is 368 g/mol. The van der Waals surface area contributed by atoms with E-state index >= 15 is 0 Å². The minimum atomic E-state index is -0.378. The minimum absolute atomic E-state index is 0.378. The molecule has 0 spiro atoms. The van der Waals surface area contributed by atoms with Crippen LogP contribution in [0.3, 0.4) is 0 Å². The second-order valence-corrected chi connectivity index (χ2v) is 7.27. The fraction of sp³-hybridized carbons (Fsp3) is 0.214. The summed E-state index contributed by atoms with van der Waals surface area (Å²) in [6.07, 6.45) is 15.5. The van der Waals surface area contributed by atoms with Crippen molar-refractivity contribution in [1.29, 1.82) is 0 Å². The van der Waals surface area contributed by atoms with Crippen molar-refractivity contribution in [2.75, 3.05) is 0 Å². The van der Waals surface area contributed by atoms with Crippen LogP contribution in [0.15, 0.2) is 126 Å². The average molecular weight is 369 g/mol. The molecule has 0 amide bonds. The summed E-state index contributed by atoms with van der Waals surface area (Å²) in [5.41, 5.74) is 8.36. The molecule has 1 aromatic rings. The number of hydrogen-bond acceptors (Lipinski definition) is 0. The first-order valence-electron chi connectivity index (χ1n) is 9.89. The van der Waals surface area contributed by atoms with E-state index in [1.807, 2.05) is 24.3 Å². The van der Waals surface area contributed by atoms with E-state index in [1.54, 1.807) is 0 Å². The zero-order chi connectivity index (χ0) is 20.7. The van der Waals surface area contributed by atoms with Crippen LogP contribution in [0.2, 0.25) is 0 Å². The number of rotatable bonds is 8. The molecule has 0 bridgehead atoms. The maximum absolute atomic E-state index is 4.20. The van der Waals surface area contributed by atoms with Crippen LogP contribution in [0.5, 0.6) is 0 Å². The molecular weight excluding hydrogens is 336 g/mol. The first-order valence-corrected chi connectivity index (χ1v) is 9.89. The highest BCUT2D eigenvalue weighted by molar-refractivity contribution is 5.74. The molecule has 1 aliphatic rings. The molecule has 0 saturated carbocycles. The van der Waals surface area contributed by atoms with E-state index < -0.39 is 0 Å². The summed E-state index contributed by atoms with van der Waals surface area (Å²) >= 11 is 0. The van der Waals surface area contributed by atoms with Crippen molar-refractivity contribution in [3.63, 3.8) is 0 Å². The summed E-state index contributed by atoms with van der Waals surface area (Å²) in [6.45, 7) is 20.9. The van der Waals surface area contributed by atoms with E-state index in [0.29, 0.717) is 0 Å². The third kappa shape index (κ3) is 3.60. The van der Waals surface area contributed by atoms with Crippen LogP contribution in [0.25, 0.3) is 0 Å². The molecule has 1 aliphatic carbocycles. The number of hydrogen-bond donors (Lipinski definition) is 0. The van der Waals surface area contributed by atoms with Crippen LogP contribution in [-0.4, -0.2) is 0 Å². The predicted octanol–water partition coefficient (Wildman–Crippen LogP) is 7.97. The van der Waals surface area contributed by atoms with E-state index in [1.165, 1.54) is 39.0 Å². The lowest BCUT2D eigenvalue weighted by Crippen LogP contribution is -2.31. The Kier molecular flexibility index (Phi) is 7.18. The first-order chi connectivity index (χ1) is 13.5. The highest BCUT2D eigenvalue weighted by Gasteiger charge is 2.46. The molecule has 0 heteroatoms. The normalized spacial score (nSPS) is 19.9. The molecule has 0 N–H and O–H groups in total. The summed E-state index contributed by atoms with van der Waals surface area (Å²) in [6, 6.07) is 10.7. The lowest BCUT2D eigenvalue weighted by Gasteiger charge is -2.37. The smallest absolute Gasteiger partial charge is 0.0672 e. The lowest BCUT2D eigenvalue weighted by molar-refractivity contribution is 0.701. The van der Waals surface area contributed by atoms with Gasteiger partial charge >= 0.3 is 0 Å². The SMILES string of the molecule is C=C/C=C\C1=C(C)C(C=C)=C(C=C)C1(/C(=C/C=C(C)C)CC)c1ccccc1. The van der Waals surface area contributed by atoms with Crippen molar-refractivity contribution in [3.05, 3.63) is 132 Å². The van der Waals surface area contributed by atoms with Gasteiger partial charge in [0, 0.05) is 0 Å². The van der Waals surface area contributed by atoms with Gasteiger partial charge < -0.3 is 0 Å². The molecule has 0 heterocycles. The van der Waals surface area contributed by atoms with Crippen LogP contribution in [0.1, 0.15) is 39.7 Å². The summed E-state index contributed by atoms with van der Waals surface area (Å²) in [5.74, 6) is 0. The van der Waals surface area contributed by atoms with Crippen LogP contribution < -0.4 is 0 Å². The molecule has 2 rings (SSSR count). The Labute approximate surface area is 171 Å². The molecule has 28 heavy (non-hydrogen) atoms. The molecule has 0 radical (unpaired) electrons. The van der Waals surface area contributed by atoms with Crippen molar-refractivity contribution >= 4 is 0 Å². The van der Waals surface area contributed by atoms with Crippen molar-refractivity contribution in [2.45, 2.75) is 39.5 Å². The number of benzene rings is 1. The first kappa shape index (κ1) is 21.4. The number of allylic oxidation sites excluding steroid dienone is 13. The van der Waals surface area contributed by atoms with E-state index in [9.17, 15) is 0 Å². The Hall–Kier alpha value is -2.86. The molecular formula is C28H32. The molecule has 144 valence electrons. The second-order valence-electron chi connectivity index (χ2n) is 7.27. The lowest BCUT2D eigenvalue weighted by atomic mass is 9.64. The summed E-state index contributed by atoms with van der Waals surface area (Å²) in [4.78, 5) is 0. The van der Waals surface area contributed by atoms with Crippen molar-refractivity contribution in [1.82, 2.24) is 0 Å². The fourth-order valence-electron chi connectivity index (χ4n) is 4.22. The maximum Gasteiger partial charge on any atom is 0.0672 e. The highest BCUT2D eigenvalue weighted by Crippen LogP contribution is 2.55. The topological polar surface area (TPSA) is 0 Å². The molecule has 0 aromatic heterocycles. The predicted molar refractivity (Wildman–Crippen MR) is 125 cm³/mol. The van der Waals surface area contributed by atoms with Crippen LogP contribution in [0.4, 0.5) is 0 Å². The molecule has 0 aliphatic heterocycles. The van der Waals surface area contributed by atoms with E-state index in [-0.39, 0.29) is 5.41 Å². The van der Waals surface area contributed by atoms with Crippen molar-refractivity contribution < 1.29 is 0 Å². The largest absolute Gasteiger partial charge is 0.0991 e. The van der Waals surface area contributed by atoms with Crippen LogP contribution >= 0.6 is 0 Å².